The molecule has 3 aliphatic rings. The number of hydrogen-bond acceptors (Lipinski definition) is 2. The van der Waals surface area contributed by atoms with Crippen molar-refractivity contribution in [1.82, 2.24) is 0 Å². The van der Waals surface area contributed by atoms with Crippen LogP contribution in [0.2, 0.25) is 0 Å². The van der Waals surface area contributed by atoms with E-state index in [1.807, 2.05) is 11.8 Å². The van der Waals surface area contributed by atoms with Crippen LogP contribution in [0, 0.1) is 0 Å². The van der Waals surface area contributed by atoms with E-state index in [2.05, 4.69) is 307 Å². The van der Waals surface area contributed by atoms with Gasteiger partial charge in [-0.2, -0.15) is 0 Å². The second kappa shape index (κ2) is 18.1. The fourth-order valence-corrected chi connectivity index (χ4v) is 14.6. The third kappa shape index (κ3) is 7.23. The van der Waals surface area contributed by atoms with Crippen LogP contribution in [0.25, 0.3) is 44.5 Å². The first kappa shape index (κ1) is 48.0. The molecule has 11 aromatic rings. The highest BCUT2D eigenvalue weighted by Crippen LogP contribution is 2.64. The maximum atomic E-state index is 2.57. The normalized spacial score (nSPS) is 14.2. The third-order valence-corrected chi connectivity index (χ3v) is 18.3. The minimum absolute atomic E-state index is 0.0438. The lowest BCUT2D eigenvalue weighted by Crippen LogP contribution is -2.33. The molecule has 0 fully saturated rings. The van der Waals surface area contributed by atoms with Gasteiger partial charge in [0.25, 0.3) is 0 Å². The minimum atomic E-state index is -0.567. The van der Waals surface area contributed by atoms with Crippen molar-refractivity contribution >= 4 is 28.8 Å². The Balaban J connectivity index is 1.04. The fraction of sp³-hybridized carbons (Fsp3) is 0.132. The molecule has 1 heterocycles. The van der Waals surface area contributed by atoms with Gasteiger partial charge >= 0.3 is 0 Å². The molecule has 11 aromatic carbocycles. The van der Waals surface area contributed by atoms with Crippen molar-refractivity contribution in [3.63, 3.8) is 0 Å². The summed E-state index contributed by atoms with van der Waals surface area (Å²) >= 11 is 1.93. The van der Waals surface area contributed by atoms with E-state index in [-0.39, 0.29) is 10.8 Å². The van der Waals surface area contributed by atoms with Crippen LogP contribution >= 0.6 is 11.8 Å². The lowest BCUT2D eigenvalue weighted by atomic mass is 9.65. The van der Waals surface area contributed by atoms with Crippen LogP contribution in [0.4, 0.5) is 17.1 Å². The molecule has 0 amide bonds. The van der Waals surface area contributed by atoms with E-state index >= 15 is 0 Å². The highest BCUT2D eigenvalue weighted by Gasteiger charge is 2.51. The van der Waals surface area contributed by atoms with Crippen molar-refractivity contribution in [3.8, 4) is 44.5 Å². The number of nitrogens with zero attached hydrogens (tertiary/aromatic N) is 1. The van der Waals surface area contributed by atoms with Gasteiger partial charge in [0.05, 0.1) is 22.2 Å². The summed E-state index contributed by atoms with van der Waals surface area (Å²) < 4.78 is 0. The first-order valence-electron chi connectivity index (χ1n) is 27.6. The van der Waals surface area contributed by atoms with E-state index in [0.29, 0.717) is 0 Å². The molecule has 0 saturated carbocycles. The Labute approximate surface area is 465 Å². The van der Waals surface area contributed by atoms with Gasteiger partial charge in [0.1, 0.15) is 0 Å². The molecule has 1 spiro atoms. The van der Waals surface area contributed by atoms with Crippen molar-refractivity contribution in [2.75, 3.05) is 4.90 Å². The van der Waals surface area contributed by atoms with Gasteiger partial charge < -0.3 is 4.90 Å². The molecule has 0 N–H and O–H groups in total. The maximum absolute atomic E-state index is 2.57. The van der Waals surface area contributed by atoms with Crippen LogP contribution in [0.3, 0.4) is 0 Å². The van der Waals surface area contributed by atoms with Crippen molar-refractivity contribution in [1.29, 1.82) is 0 Å². The summed E-state index contributed by atoms with van der Waals surface area (Å²) in [7, 11) is 0. The molecule has 0 saturated heterocycles. The molecular formula is C76H61NS. The van der Waals surface area contributed by atoms with E-state index in [1.54, 1.807) is 0 Å². The van der Waals surface area contributed by atoms with Crippen molar-refractivity contribution < 1.29 is 0 Å². The molecule has 376 valence electrons. The number of benzene rings is 11. The Hall–Kier alpha value is -8.43. The second-order valence-corrected chi connectivity index (χ2v) is 24.7. The average molecular weight is 1020 g/mol. The number of para-hydroxylation sites is 2. The Bertz CT molecular complexity index is 4030. The summed E-state index contributed by atoms with van der Waals surface area (Å²) in [6.07, 6.45) is 0. The van der Waals surface area contributed by atoms with Crippen molar-refractivity contribution in [2.45, 2.75) is 73.0 Å². The van der Waals surface area contributed by atoms with Gasteiger partial charge in [-0.25, -0.2) is 0 Å². The highest BCUT2D eigenvalue weighted by atomic mass is 32.2. The number of anilines is 3. The highest BCUT2D eigenvalue weighted by molar-refractivity contribution is 7.99. The number of rotatable bonds is 7. The Morgan fingerprint density at radius 1 is 0.295 bits per heavy atom. The molecule has 14 rings (SSSR count). The first-order valence-corrected chi connectivity index (χ1v) is 28.4. The molecular weight excluding hydrogens is 959 g/mol. The topological polar surface area (TPSA) is 3.24 Å². The maximum Gasteiger partial charge on any atom is 0.0735 e. The van der Waals surface area contributed by atoms with E-state index < -0.39 is 10.8 Å². The van der Waals surface area contributed by atoms with Gasteiger partial charge in [-0.15, -0.1) is 0 Å². The van der Waals surface area contributed by atoms with Gasteiger partial charge in [-0.05, 0) is 142 Å². The molecule has 0 unspecified atom stereocenters. The van der Waals surface area contributed by atoms with Gasteiger partial charge in [0.2, 0.25) is 0 Å². The molecule has 1 aliphatic heterocycles. The largest absolute Gasteiger partial charge is 0.309 e. The van der Waals surface area contributed by atoms with Gasteiger partial charge in [0.15, 0.2) is 0 Å². The summed E-state index contributed by atoms with van der Waals surface area (Å²) in [5, 5.41) is 0. The molecule has 78 heavy (non-hydrogen) atoms. The van der Waals surface area contributed by atoms with E-state index in [9.17, 15) is 0 Å². The summed E-state index contributed by atoms with van der Waals surface area (Å²) in [6.45, 7) is 14.1. The molecule has 2 aliphatic carbocycles. The predicted molar refractivity (Wildman–Crippen MR) is 328 cm³/mol. The van der Waals surface area contributed by atoms with Crippen LogP contribution in [-0.4, -0.2) is 0 Å². The zero-order valence-corrected chi connectivity index (χ0v) is 46.0. The van der Waals surface area contributed by atoms with Crippen molar-refractivity contribution in [2.24, 2.45) is 0 Å². The zero-order valence-electron chi connectivity index (χ0n) is 45.2. The smallest absolute Gasteiger partial charge is 0.0735 e. The zero-order chi connectivity index (χ0) is 53.0. The fourth-order valence-electron chi connectivity index (χ4n) is 13.5. The van der Waals surface area contributed by atoms with E-state index in [1.165, 1.54) is 98.8 Å². The summed E-state index contributed by atoms with van der Waals surface area (Å²) in [5.74, 6) is 0. The third-order valence-electron chi connectivity index (χ3n) is 17.1. The molecule has 0 bridgehead atoms. The summed E-state index contributed by atoms with van der Waals surface area (Å²) in [4.78, 5) is 5.18. The molecule has 2 heteroatoms. The van der Waals surface area contributed by atoms with Crippen LogP contribution in [0.5, 0.6) is 0 Å². The SMILES string of the molecule is CC(C)(C)c1ccc2c(c1)C1(c3cc(C(C)(C)C)ccc3S2)c2ccccc2-c2ccc(-c3ccccc3N(c3ccc4c(c3)C(c3ccccc3)(c3ccccc3)c3ccccc3-4)c3ccccc3-c3ccccc3)cc21. The van der Waals surface area contributed by atoms with Crippen LogP contribution < -0.4 is 4.90 Å². The second-order valence-electron chi connectivity index (χ2n) is 23.6. The Morgan fingerprint density at radius 3 is 1.23 bits per heavy atom. The molecule has 0 radical (unpaired) electrons. The number of hydrogen-bond donors (Lipinski definition) is 0. The Kier molecular flexibility index (Phi) is 11.1. The lowest BCUT2D eigenvalue weighted by molar-refractivity contribution is 0.581. The van der Waals surface area contributed by atoms with Crippen LogP contribution in [0.15, 0.2) is 271 Å². The Morgan fingerprint density at radius 2 is 0.705 bits per heavy atom. The van der Waals surface area contributed by atoms with E-state index in [4.69, 9.17) is 0 Å². The monoisotopic (exact) mass is 1020 g/mol. The predicted octanol–water partition coefficient (Wildman–Crippen LogP) is 20.3. The van der Waals surface area contributed by atoms with Crippen LogP contribution in [-0.2, 0) is 21.7 Å². The van der Waals surface area contributed by atoms with Gasteiger partial charge in [-0.1, -0.05) is 272 Å². The summed E-state index contributed by atoms with van der Waals surface area (Å²) in [6, 6.07) is 98.9. The quantitative estimate of drug-likeness (QED) is 0.157. The minimum Gasteiger partial charge on any atom is -0.309 e. The molecule has 1 nitrogen and oxygen atoms in total. The molecule has 0 aromatic heterocycles. The first-order chi connectivity index (χ1) is 38.0. The van der Waals surface area contributed by atoms with Gasteiger partial charge in [-0.3, -0.25) is 0 Å². The summed E-state index contributed by atoms with van der Waals surface area (Å²) in [5.41, 5.74) is 25.0. The van der Waals surface area contributed by atoms with E-state index in [0.717, 1.165) is 28.2 Å². The lowest BCUT2D eigenvalue weighted by Gasteiger charge is -2.41. The number of fused-ring (bicyclic) bond motifs is 12. The average Bonchev–Trinajstić information content (AvgIpc) is 4.06. The van der Waals surface area contributed by atoms with Gasteiger partial charge in [0, 0.05) is 26.6 Å². The van der Waals surface area contributed by atoms with Crippen molar-refractivity contribution in [3.05, 3.63) is 316 Å². The standard InChI is InChI=1S/C76H61NS/c1-73(2,3)54-39-44-71-67(47-54)76(68-48-55(74(4,5)6)40-45-72(68)78-71)64-35-21-17-33-60(64)61-42-38-51(46-65(61)76)58-31-19-23-37-70(58)77(69-36-22-18-30-57(69)50-24-10-7-11-25-50)56-41-43-62-59-32-16-20-34-63(59)75(66(62)49-56,52-26-12-8-13-27-52)53-28-14-9-15-29-53/h7-49H,1-6H3. The molecule has 0 atom stereocenters. The van der Waals surface area contributed by atoms with Crippen LogP contribution in [0.1, 0.15) is 97.2 Å².